The molecule has 1 aromatic rings. The van der Waals surface area contributed by atoms with E-state index in [0.717, 1.165) is 16.9 Å². The van der Waals surface area contributed by atoms with E-state index < -0.39 is 0 Å². The van der Waals surface area contributed by atoms with Gasteiger partial charge in [-0.15, -0.1) is 0 Å². The van der Waals surface area contributed by atoms with E-state index in [1.54, 1.807) is 12.3 Å². The molecule has 0 aliphatic carbocycles. The van der Waals surface area contributed by atoms with Crippen LogP contribution in [0.15, 0.2) is 30.5 Å². The number of urea groups is 1. The lowest BCUT2D eigenvalue weighted by Crippen LogP contribution is -2.34. The molecular formula is C15H22N2O2. The Hall–Kier alpha value is -1.97. The third kappa shape index (κ3) is 4.66. The second-order valence-corrected chi connectivity index (χ2v) is 4.31. The van der Waals surface area contributed by atoms with Gasteiger partial charge in [0.1, 0.15) is 5.75 Å². The average molecular weight is 262 g/mol. The Balaban J connectivity index is 2.82. The zero-order chi connectivity index (χ0) is 14.3. The van der Waals surface area contributed by atoms with E-state index in [1.165, 1.54) is 0 Å². The number of amides is 2. The highest BCUT2D eigenvalue weighted by atomic mass is 16.5. The van der Waals surface area contributed by atoms with Crippen molar-refractivity contribution in [3.05, 3.63) is 41.6 Å². The molecule has 0 aromatic heterocycles. The number of hydrogen-bond donors (Lipinski definition) is 2. The molecule has 4 heteroatoms. The number of rotatable bonds is 5. The smallest absolute Gasteiger partial charge is 0.319 e. The van der Waals surface area contributed by atoms with Crippen molar-refractivity contribution in [2.24, 2.45) is 0 Å². The lowest BCUT2D eigenvalue weighted by Gasteiger charge is -2.18. The van der Waals surface area contributed by atoms with Crippen LogP contribution in [0, 0.1) is 6.92 Å². The van der Waals surface area contributed by atoms with Crippen molar-refractivity contribution >= 4 is 6.03 Å². The molecule has 0 aliphatic rings. The quantitative estimate of drug-likeness (QED) is 0.855. The summed E-state index contributed by atoms with van der Waals surface area (Å²) in [6.45, 7) is 8.35. The van der Waals surface area contributed by atoms with Crippen LogP contribution in [0.1, 0.15) is 37.9 Å². The van der Waals surface area contributed by atoms with E-state index in [2.05, 4.69) is 10.6 Å². The predicted molar refractivity (Wildman–Crippen MR) is 77.2 cm³/mol. The highest BCUT2D eigenvalue weighted by molar-refractivity contribution is 5.75. The molecule has 2 N–H and O–H groups in total. The van der Waals surface area contributed by atoms with Crippen LogP contribution in [0.4, 0.5) is 4.79 Å². The van der Waals surface area contributed by atoms with Crippen molar-refractivity contribution in [2.75, 3.05) is 6.61 Å². The first-order valence-electron chi connectivity index (χ1n) is 6.50. The number of aryl methyl sites for hydroxylation is 1. The number of hydrogen-bond acceptors (Lipinski definition) is 2. The lowest BCUT2D eigenvalue weighted by atomic mass is 10.0. The van der Waals surface area contributed by atoms with Gasteiger partial charge in [0, 0.05) is 11.8 Å². The van der Waals surface area contributed by atoms with Crippen molar-refractivity contribution in [3.63, 3.8) is 0 Å². The summed E-state index contributed by atoms with van der Waals surface area (Å²) in [6, 6.07) is 5.63. The first-order chi connectivity index (χ1) is 9.08. The Kier molecular flexibility index (Phi) is 5.93. The van der Waals surface area contributed by atoms with Crippen LogP contribution in [0.2, 0.25) is 0 Å². The summed E-state index contributed by atoms with van der Waals surface area (Å²) in [7, 11) is 0. The number of carbonyl (C=O) groups is 1. The summed E-state index contributed by atoms with van der Waals surface area (Å²) in [4.78, 5) is 11.6. The second kappa shape index (κ2) is 7.46. The number of ether oxygens (including phenoxy) is 1. The molecule has 0 aliphatic heterocycles. The maximum absolute atomic E-state index is 11.6. The fraction of sp³-hybridized carbons (Fsp3) is 0.400. The first-order valence-corrected chi connectivity index (χ1v) is 6.50. The number of benzene rings is 1. The Morgan fingerprint density at radius 3 is 2.84 bits per heavy atom. The van der Waals surface area contributed by atoms with Crippen LogP contribution >= 0.6 is 0 Å². The molecule has 2 amide bonds. The number of carbonyl (C=O) groups excluding carboxylic acids is 1. The maximum atomic E-state index is 11.6. The first kappa shape index (κ1) is 15.1. The summed E-state index contributed by atoms with van der Waals surface area (Å²) in [5, 5.41) is 5.50. The predicted octanol–water partition coefficient (Wildman–Crippen LogP) is 3.29. The van der Waals surface area contributed by atoms with Gasteiger partial charge in [-0.3, -0.25) is 0 Å². The van der Waals surface area contributed by atoms with Gasteiger partial charge >= 0.3 is 6.03 Å². The molecule has 104 valence electrons. The Bertz CT molecular complexity index is 455. The fourth-order valence-electron chi connectivity index (χ4n) is 1.77. The van der Waals surface area contributed by atoms with E-state index in [0.29, 0.717) is 6.61 Å². The molecule has 0 saturated heterocycles. The van der Waals surface area contributed by atoms with Crippen molar-refractivity contribution < 1.29 is 9.53 Å². The van der Waals surface area contributed by atoms with Crippen molar-refractivity contribution in [3.8, 4) is 5.75 Å². The van der Waals surface area contributed by atoms with Gasteiger partial charge in [-0.05, 0) is 33.8 Å². The van der Waals surface area contributed by atoms with Crippen LogP contribution in [0.5, 0.6) is 5.75 Å². The minimum absolute atomic E-state index is 0.119. The van der Waals surface area contributed by atoms with Crippen LogP contribution < -0.4 is 15.4 Å². The number of nitrogens with one attached hydrogen (secondary N) is 2. The lowest BCUT2D eigenvalue weighted by molar-refractivity contribution is 0.241. The summed E-state index contributed by atoms with van der Waals surface area (Å²) in [5.74, 6) is 0.812. The van der Waals surface area contributed by atoms with E-state index >= 15 is 0 Å². The largest absolute Gasteiger partial charge is 0.494 e. The highest BCUT2D eigenvalue weighted by Gasteiger charge is 2.13. The zero-order valence-corrected chi connectivity index (χ0v) is 12.0. The molecule has 0 heterocycles. The number of allylic oxidation sites excluding steroid dienone is 1. The van der Waals surface area contributed by atoms with Gasteiger partial charge < -0.3 is 15.4 Å². The molecule has 0 radical (unpaired) electrons. The third-order valence-electron chi connectivity index (χ3n) is 2.66. The van der Waals surface area contributed by atoms with E-state index in [1.807, 2.05) is 45.9 Å². The molecule has 1 atom stereocenters. The maximum Gasteiger partial charge on any atom is 0.319 e. The minimum Gasteiger partial charge on any atom is -0.494 e. The van der Waals surface area contributed by atoms with Gasteiger partial charge in [-0.2, -0.15) is 0 Å². The molecule has 0 saturated carbocycles. The molecular weight excluding hydrogens is 240 g/mol. The van der Waals surface area contributed by atoms with Gasteiger partial charge in [0.05, 0.1) is 12.6 Å². The standard InChI is InChI=1S/C15H22N2O2/c1-5-9-16-15(18)17-12(4)13-10-11(3)7-8-14(13)19-6-2/h5,7-10,12H,6H2,1-4H3,(H2,16,17,18)/b9-5+. The van der Waals surface area contributed by atoms with Crippen molar-refractivity contribution in [1.29, 1.82) is 0 Å². The van der Waals surface area contributed by atoms with E-state index in [-0.39, 0.29) is 12.1 Å². The minimum atomic E-state index is -0.227. The third-order valence-corrected chi connectivity index (χ3v) is 2.66. The summed E-state index contributed by atoms with van der Waals surface area (Å²) in [6.07, 6.45) is 3.37. The Morgan fingerprint density at radius 2 is 2.21 bits per heavy atom. The van der Waals surface area contributed by atoms with Crippen molar-refractivity contribution in [1.82, 2.24) is 10.6 Å². The Labute approximate surface area is 114 Å². The molecule has 0 bridgehead atoms. The topological polar surface area (TPSA) is 50.4 Å². The molecule has 0 fully saturated rings. The molecule has 0 spiro atoms. The molecule has 1 aromatic carbocycles. The summed E-state index contributed by atoms with van der Waals surface area (Å²) < 4.78 is 5.59. The molecule has 4 nitrogen and oxygen atoms in total. The van der Waals surface area contributed by atoms with Crippen LogP contribution in [0.3, 0.4) is 0 Å². The molecule has 19 heavy (non-hydrogen) atoms. The van der Waals surface area contributed by atoms with Gasteiger partial charge in [0.2, 0.25) is 0 Å². The van der Waals surface area contributed by atoms with E-state index in [4.69, 9.17) is 4.74 Å². The molecule has 1 unspecified atom stereocenters. The molecule has 1 rings (SSSR count). The monoisotopic (exact) mass is 262 g/mol. The SMILES string of the molecule is C/C=C/NC(=O)NC(C)c1cc(C)ccc1OCC. The summed E-state index contributed by atoms with van der Waals surface area (Å²) in [5.41, 5.74) is 2.12. The van der Waals surface area contributed by atoms with Crippen LogP contribution in [-0.2, 0) is 0 Å². The Morgan fingerprint density at radius 1 is 1.47 bits per heavy atom. The second-order valence-electron chi connectivity index (χ2n) is 4.31. The van der Waals surface area contributed by atoms with Crippen LogP contribution in [0.25, 0.3) is 0 Å². The zero-order valence-electron chi connectivity index (χ0n) is 12.0. The van der Waals surface area contributed by atoms with Gasteiger partial charge in [0.15, 0.2) is 0 Å². The van der Waals surface area contributed by atoms with Gasteiger partial charge in [0.25, 0.3) is 0 Å². The average Bonchev–Trinajstić information content (AvgIpc) is 2.38. The fourth-order valence-corrected chi connectivity index (χ4v) is 1.77. The van der Waals surface area contributed by atoms with Gasteiger partial charge in [-0.25, -0.2) is 4.79 Å². The van der Waals surface area contributed by atoms with E-state index in [9.17, 15) is 4.79 Å². The highest BCUT2D eigenvalue weighted by Crippen LogP contribution is 2.26. The van der Waals surface area contributed by atoms with Gasteiger partial charge in [-0.1, -0.05) is 23.8 Å². The van der Waals surface area contributed by atoms with Crippen molar-refractivity contribution in [2.45, 2.75) is 33.7 Å². The summed E-state index contributed by atoms with van der Waals surface area (Å²) >= 11 is 0. The normalized spacial score (nSPS) is 12.2. The van der Waals surface area contributed by atoms with Crippen LogP contribution in [-0.4, -0.2) is 12.6 Å².